The molecule has 0 N–H and O–H groups in total. The fraction of sp³-hybridized carbons (Fsp3) is 0.111. The minimum Gasteiger partial charge on any atom is -0.275 e. The molecule has 2 heterocycles. The van der Waals surface area contributed by atoms with Crippen LogP contribution in [0.2, 0.25) is 0 Å². The standard InChI is InChI=1S/C9H7FIN3/c1-14-5-6(3-13-14)9-8(11)2-7(10)4-12-9/h2-5H,1H3. The zero-order valence-corrected chi connectivity index (χ0v) is 9.56. The van der Waals surface area contributed by atoms with Crippen molar-refractivity contribution in [1.82, 2.24) is 14.8 Å². The number of rotatable bonds is 1. The van der Waals surface area contributed by atoms with Crippen molar-refractivity contribution in [2.45, 2.75) is 0 Å². The van der Waals surface area contributed by atoms with Crippen LogP contribution in [0.4, 0.5) is 4.39 Å². The molecule has 2 aromatic rings. The normalized spacial score (nSPS) is 10.5. The highest BCUT2D eigenvalue weighted by molar-refractivity contribution is 14.1. The Balaban J connectivity index is 2.52. The van der Waals surface area contributed by atoms with Crippen molar-refractivity contribution in [2.75, 3.05) is 0 Å². The summed E-state index contributed by atoms with van der Waals surface area (Å²) in [4.78, 5) is 4.03. The second-order valence-corrected chi connectivity index (χ2v) is 4.05. The van der Waals surface area contributed by atoms with E-state index in [0.717, 1.165) is 14.8 Å². The Hall–Kier alpha value is -0.980. The van der Waals surface area contributed by atoms with E-state index in [2.05, 4.69) is 32.7 Å². The molecule has 0 aliphatic carbocycles. The molecule has 0 unspecified atom stereocenters. The molecule has 0 spiro atoms. The molecule has 0 saturated heterocycles. The predicted octanol–water partition coefficient (Wildman–Crippen LogP) is 2.23. The number of nitrogens with zero attached hydrogens (tertiary/aromatic N) is 3. The highest BCUT2D eigenvalue weighted by atomic mass is 127. The molecule has 0 bridgehead atoms. The molecule has 5 heteroatoms. The van der Waals surface area contributed by atoms with E-state index < -0.39 is 0 Å². The predicted molar refractivity (Wildman–Crippen MR) is 59.1 cm³/mol. The van der Waals surface area contributed by atoms with Crippen LogP contribution in [0, 0.1) is 9.39 Å². The van der Waals surface area contributed by atoms with Gasteiger partial charge in [0.2, 0.25) is 0 Å². The van der Waals surface area contributed by atoms with Crippen molar-refractivity contribution in [3.63, 3.8) is 0 Å². The molecule has 14 heavy (non-hydrogen) atoms. The number of halogens is 2. The van der Waals surface area contributed by atoms with Gasteiger partial charge in [-0.2, -0.15) is 5.10 Å². The lowest BCUT2D eigenvalue weighted by molar-refractivity contribution is 0.620. The molecule has 72 valence electrons. The maximum absolute atomic E-state index is 12.8. The van der Waals surface area contributed by atoms with E-state index in [9.17, 15) is 4.39 Å². The van der Waals surface area contributed by atoms with Crippen LogP contribution in [-0.2, 0) is 7.05 Å². The van der Waals surface area contributed by atoms with Crippen LogP contribution in [0.5, 0.6) is 0 Å². The zero-order chi connectivity index (χ0) is 10.1. The Morgan fingerprint density at radius 3 is 2.79 bits per heavy atom. The highest BCUT2D eigenvalue weighted by Gasteiger charge is 2.07. The molecule has 0 aromatic carbocycles. The zero-order valence-electron chi connectivity index (χ0n) is 7.41. The van der Waals surface area contributed by atoms with Crippen molar-refractivity contribution >= 4 is 22.6 Å². The lowest BCUT2D eigenvalue weighted by Crippen LogP contribution is -1.89. The smallest absolute Gasteiger partial charge is 0.142 e. The van der Waals surface area contributed by atoms with E-state index in [1.807, 2.05) is 13.2 Å². The SMILES string of the molecule is Cn1cc(-c2ncc(F)cc2I)cn1. The van der Waals surface area contributed by atoms with Gasteiger partial charge in [0.15, 0.2) is 0 Å². The minimum atomic E-state index is -0.318. The average Bonchev–Trinajstić information content (AvgIpc) is 2.51. The van der Waals surface area contributed by atoms with E-state index in [1.165, 1.54) is 12.3 Å². The van der Waals surface area contributed by atoms with Gasteiger partial charge in [0.05, 0.1) is 18.1 Å². The summed E-state index contributed by atoms with van der Waals surface area (Å²) < 4.78 is 15.3. The van der Waals surface area contributed by atoms with Gasteiger partial charge in [0.25, 0.3) is 0 Å². The van der Waals surface area contributed by atoms with Gasteiger partial charge in [-0.05, 0) is 28.7 Å². The third-order valence-corrected chi connectivity index (χ3v) is 2.61. The molecule has 0 aliphatic rings. The minimum absolute atomic E-state index is 0.318. The van der Waals surface area contributed by atoms with E-state index in [4.69, 9.17) is 0 Å². The van der Waals surface area contributed by atoms with Gasteiger partial charge >= 0.3 is 0 Å². The summed E-state index contributed by atoms with van der Waals surface area (Å²) >= 11 is 2.06. The van der Waals surface area contributed by atoms with Crippen molar-refractivity contribution in [2.24, 2.45) is 7.05 Å². The first-order valence-corrected chi connectivity index (χ1v) is 5.05. The number of pyridine rings is 1. The molecule has 3 nitrogen and oxygen atoms in total. The fourth-order valence-corrected chi connectivity index (χ4v) is 1.92. The molecule has 0 atom stereocenters. The lowest BCUT2D eigenvalue weighted by Gasteiger charge is -1.99. The van der Waals surface area contributed by atoms with Crippen LogP contribution in [0.1, 0.15) is 0 Å². The molecule has 0 radical (unpaired) electrons. The lowest BCUT2D eigenvalue weighted by atomic mass is 10.2. The fourth-order valence-electron chi connectivity index (χ4n) is 1.17. The van der Waals surface area contributed by atoms with Gasteiger partial charge in [-0.1, -0.05) is 0 Å². The van der Waals surface area contributed by atoms with Crippen LogP contribution in [0.25, 0.3) is 11.3 Å². The van der Waals surface area contributed by atoms with Crippen LogP contribution in [0.3, 0.4) is 0 Å². The van der Waals surface area contributed by atoms with Crippen molar-refractivity contribution < 1.29 is 4.39 Å². The van der Waals surface area contributed by atoms with Gasteiger partial charge in [-0.3, -0.25) is 9.67 Å². The molecule has 2 rings (SSSR count). The second-order valence-electron chi connectivity index (χ2n) is 2.89. The van der Waals surface area contributed by atoms with Crippen molar-refractivity contribution in [3.8, 4) is 11.3 Å². The Morgan fingerprint density at radius 1 is 1.43 bits per heavy atom. The molecule has 0 aliphatic heterocycles. The summed E-state index contributed by atoms with van der Waals surface area (Å²) in [6.45, 7) is 0. The third kappa shape index (κ3) is 1.77. The molecular weight excluding hydrogens is 296 g/mol. The number of aryl methyl sites for hydroxylation is 1. The number of hydrogen-bond acceptors (Lipinski definition) is 2. The topological polar surface area (TPSA) is 30.7 Å². The number of hydrogen-bond donors (Lipinski definition) is 0. The van der Waals surface area contributed by atoms with Gasteiger partial charge in [0, 0.05) is 22.4 Å². The van der Waals surface area contributed by atoms with Gasteiger partial charge in [-0.15, -0.1) is 0 Å². The Labute approximate surface area is 94.1 Å². The molecule has 0 saturated carbocycles. The summed E-state index contributed by atoms with van der Waals surface area (Å²) in [6, 6.07) is 1.45. The first kappa shape index (κ1) is 9.57. The second kappa shape index (κ2) is 3.64. The van der Waals surface area contributed by atoms with Crippen LogP contribution in [0.15, 0.2) is 24.7 Å². The van der Waals surface area contributed by atoms with Crippen LogP contribution < -0.4 is 0 Å². The largest absolute Gasteiger partial charge is 0.275 e. The summed E-state index contributed by atoms with van der Waals surface area (Å²) in [5.74, 6) is -0.318. The van der Waals surface area contributed by atoms with Crippen LogP contribution >= 0.6 is 22.6 Å². The first-order chi connectivity index (χ1) is 6.66. The van der Waals surface area contributed by atoms with E-state index in [1.54, 1.807) is 10.9 Å². The van der Waals surface area contributed by atoms with E-state index in [-0.39, 0.29) is 5.82 Å². The quantitative estimate of drug-likeness (QED) is 0.756. The maximum Gasteiger partial charge on any atom is 0.142 e. The summed E-state index contributed by atoms with van der Waals surface area (Å²) in [5.41, 5.74) is 1.66. The van der Waals surface area contributed by atoms with Crippen LogP contribution in [-0.4, -0.2) is 14.8 Å². The molecule has 0 amide bonds. The summed E-state index contributed by atoms with van der Waals surface area (Å²) in [7, 11) is 1.83. The highest BCUT2D eigenvalue weighted by Crippen LogP contribution is 2.22. The number of aromatic nitrogens is 3. The van der Waals surface area contributed by atoms with Gasteiger partial charge < -0.3 is 0 Å². The van der Waals surface area contributed by atoms with Crippen molar-refractivity contribution in [1.29, 1.82) is 0 Å². The van der Waals surface area contributed by atoms with Gasteiger partial charge in [0.1, 0.15) is 5.82 Å². The van der Waals surface area contributed by atoms with E-state index >= 15 is 0 Å². The van der Waals surface area contributed by atoms with Gasteiger partial charge in [-0.25, -0.2) is 4.39 Å². The summed E-state index contributed by atoms with van der Waals surface area (Å²) in [6.07, 6.45) is 4.77. The first-order valence-electron chi connectivity index (χ1n) is 3.97. The van der Waals surface area contributed by atoms with Crippen molar-refractivity contribution in [3.05, 3.63) is 34.0 Å². The Kier molecular flexibility index (Phi) is 2.49. The van der Waals surface area contributed by atoms with E-state index in [0.29, 0.717) is 0 Å². The Bertz CT molecular complexity index is 467. The molecular formula is C9H7FIN3. The average molecular weight is 303 g/mol. The third-order valence-electron chi connectivity index (χ3n) is 1.79. The molecule has 0 fully saturated rings. The molecule has 2 aromatic heterocycles. The maximum atomic E-state index is 12.8. The Morgan fingerprint density at radius 2 is 2.21 bits per heavy atom. The summed E-state index contributed by atoms with van der Waals surface area (Å²) in [5, 5.41) is 4.04. The monoisotopic (exact) mass is 303 g/mol.